The first kappa shape index (κ1) is 34.9. The van der Waals surface area contributed by atoms with Crippen LogP contribution in [0.2, 0.25) is 0 Å². The van der Waals surface area contributed by atoms with Crippen LogP contribution in [0.4, 0.5) is 0 Å². The van der Waals surface area contributed by atoms with Crippen LogP contribution in [0.1, 0.15) is 107 Å². The van der Waals surface area contributed by atoms with E-state index in [-0.39, 0.29) is 36.6 Å². The summed E-state index contributed by atoms with van der Waals surface area (Å²) in [5.74, 6) is -0.897. The van der Waals surface area contributed by atoms with Gasteiger partial charge in [-0.25, -0.2) is 9.59 Å². The highest BCUT2D eigenvalue weighted by Gasteiger charge is 2.51. The fourth-order valence-corrected chi connectivity index (χ4v) is 8.01. The maximum Gasteiger partial charge on any atom is 0.339 e. The molecule has 49 heavy (non-hydrogen) atoms. The number of aliphatic hydroxyl groups excluding tert-OH is 1. The van der Waals surface area contributed by atoms with Crippen molar-refractivity contribution in [3.8, 4) is 5.75 Å². The Labute approximate surface area is 287 Å². The van der Waals surface area contributed by atoms with Gasteiger partial charge in [-0.15, -0.1) is 0 Å². The number of hydrogen-bond donors (Lipinski definition) is 1. The lowest BCUT2D eigenvalue weighted by atomic mass is 9.77. The van der Waals surface area contributed by atoms with Gasteiger partial charge in [0.15, 0.2) is 12.2 Å². The molecule has 1 aliphatic carbocycles. The van der Waals surface area contributed by atoms with Gasteiger partial charge in [0.1, 0.15) is 16.9 Å². The Morgan fingerprint density at radius 3 is 2.35 bits per heavy atom. The minimum absolute atomic E-state index is 0.121. The van der Waals surface area contributed by atoms with Gasteiger partial charge < -0.3 is 28.5 Å². The first-order chi connectivity index (χ1) is 23.4. The molecule has 0 amide bonds. The summed E-state index contributed by atoms with van der Waals surface area (Å²) in [5, 5.41) is 10.2. The van der Waals surface area contributed by atoms with Crippen LogP contribution in [0.3, 0.4) is 0 Å². The molecule has 3 aromatic rings. The Kier molecular flexibility index (Phi) is 10.1. The molecule has 9 heteroatoms. The average Bonchev–Trinajstić information content (AvgIpc) is 3.49. The number of ether oxygens (including phenoxy) is 4. The third-order valence-corrected chi connectivity index (χ3v) is 10.6. The summed E-state index contributed by atoms with van der Waals surface area (Å²) in [6.45, 7) is 7.51. The summed E-state index contributed by atoms with van der Waals surface area (Å²) in [4.78, 5) is 41.7. The normalized spacial score (nSPS) is 22.6. The van der Waals surface area contributed by atoms with Crippen LogP contribution in [0, 0.1) is 5.41 Å². The Bertz CT molecular complexity index is 1780. The highest BCUT2D eigenvalue weighted by molar-refractivity contribution is 5.90. The van der Waals surface area contributed by atoms with E-state index in [0.29, 0.717) is 47.1 Å². The van der Waals surface area contributed by atoms with E-state index in [1.807, 2.05) is 27.7 Å². The van der Waals surface area contributed by atoms with Gasteiger partial charge in [0.25, 0.3) is 0 Å². The summed E-state index contributed by atoms with van der Waals surface area (Å²) in [6, 6.07) is 13.8. The summed E-state index contributed by atoms with van der Waals surface area (Å²) in [5.41, 5.74) is 2.69. The summed E-state index contributed by atoms with van der Waals surface area (Å²) in [7, 11) is 1.54. The van der Waals surface area contributed by atoms with E-state index in [0.717, 1.165) is 43.2 Å². The zero-order chi connectivity index (χ0) is 34.9. The van der Waals surface area contributed by atoms with Crippen LogP contribution in [0.25, 0.3) is 11.0 Å². The van der Waals surface area contributed by atoms with Crippen LogP contribution in [0.5, 0.6) is 5.75 Å². The number of rotatable bonds is 5. The average molecular weight is 673 g/mol. The number of carbonyl (C=O) groups excluding carboxylic acids is 2. The predicted octanol–water partition coefficient (Wildman–Crippen LogP) is 7.05. The molecule has 2 bridgehead atoms. The van der Waals surface area contributed by atoms with Crippen molar-refractivity contribution in [1.29, 1.82) is 0 Å². The number of aryl methyl sites for hydroxylation is 1. The molecule has 1 aromatic heterocycles. The molecular formula is C40H48O9. The van der Waals surface area contributed by atoms with E-state index in [2.05, 4.69) is 24.3 Å². The van der Waals surface area contributed by atoms with Gasteiger partial charge in [-0.2, -0.15) is 0 Å². The van der Waals surface area contributed by atoms with Crippen molar-refractivity contribution in [2.45, 2.75) is 109 Å². The van der Waals surface area contributed by atoms with E-state index in [4.69, 9.17) is 23.4 Å². The number of allylic oxidation sites excluding steroid dienone is 1. The minimum Gasteiger partial charge on any atom is -0.483 e. The van der Waals surface area contributed by atoms with Gasteiger partial charge in [0.05, 0.1) is 18.6 Å². The number of aliphatic hydroxyl groups is 1. The lowest BCUT2D eigenvalue weighted by Gasteiger charge is -2.43. The lowest BCUT2D eigenvalue weighted by molar-refractivity contribution is -0.189. The Balaban J connectivity index is 1.49. The van der Waals surface area contributed by atoms with Crippen molar-refractivity contribution in [3.63, 3.8) is 0 Å². The monoisotopic (exact) mass is 672 g/mol. The Morgan fingerprint density at radius 1 is 0.959 bits per heavy atom. The van der Waals surface area contributed by atoms with Crippen LogP contribution in [-0.2, 0) is 36.6 Å². The molecule has 9 nitrogen and oxygen atoms in total. The molecule has 3 atom stereocenters. The standard InChI is InChI=1S/C40H48O9/c1-24(2)29-14-12-25-8-10-26(11-9-25)21-40(17-6-7-18-40)22-32(42)46-35-33-31(49-39(3,4)36(35)48-37(29)43)15-13-27-20-30(38(44)47-34(27)33)28(16-19-41)23-45-5/h8-11,13,15,20,28,35-36,41H,6-7,12,14,16-19,21-23H2,1-5H3/t28-,35+,36+/m1/s1. The fraction of sp³-hybridized carbons (Fsp3) is 0.525. The van der Waals surface area contributed by atoms with Crippen LogP contribution in [-0.4, -0.2) is 49.1 Å². The fourth-order valence-electron chi connectivity index (χ4n) is 8.01. The van der Waals surface area contributed by atoms with Crippen LogP contribution >= 0.6 is 0 Å². The Morgan fingerprint density at radius 2 is 1.67 bits per heavy atom. The largest absolute Gasteiger partial charge is 0.483 e. The van der Waals surface area contributed by atoms with Crippen LogP contribution < -0.4 is 10.4 Å². The number of fused-ring (bicyclic) bond motifs is 11. The van der Waals surface area contributed by atoms with Gasteiger partial charge in [-0.3, -0.25) is 4.79 Å². The maximum atomic E-state index is 14.2. The van der Waals surface area contributed by atoms with E-state index < -0.39 is 35.4 Å². The predicted molar refractivity (Wildman–Crippen MR) is 185 cm³/mol. The lowest BCUT2D eigenvalue weighted by Crippen LogP contribution is -2.52. The molecule has 4 heterocycles. The van der Waals surface area contributed by atoms with Crippen molar-refractivity contribution in [2.75, 3.05) is 20.3 Å². The minimum atomic E-state index is -1.11. The van der Waals surface area contributed by atoms with Crippen molar-refractivity contribution in [2.24, 2.45) is 5.41 Å². The van der Waals surface area contributed by atoms with Crippen molar-refractivity contribution < 1.29 is 38.1 Å². The smallest absolute Gasteiger partial charge is 0.339 e. The second-order valence-electron chi connectivity index (χ2n) is 14.8. The molecule has 1 fully saturated rings. The van der Waals surface area contributed by atoms with Crippen LogP contribution in [0.15, 0.2) is 62.8 Å². The number of esters is 2. The highest BCUT2D eigenvalue weighted by Crippen LogP contribution is 2.49. The van der Waals surface area contributed by atoms with E-state index in [1.165, 1.54) is 5.56 Å². The quantitative estimate of drug-likeness (QED) is 0.173. The van der Waals surface area contributed by atoms with Crippen molar-refractivity contribution in [3.05, 3.63) is 86.3 Å². The number of methoxy groups -OCH3 is 1. The molecule has 0 radical (unpaired) electrons. The molecule has 3 aliphatic heterocycles. The molecule has 262 valence electrons. The first-order valence-corrected chi connectivity index (χ1v) is 17.5. The number of carbonyl (C=O) groups is 2. The second-order valence-corrected chi connectivity index (χ2v) is 14.8. The van der Waals surface area contributed by atoms with Gasteiger partial charge in [-0.05, 0) is 101 Å². The van der Waals surface area contributed by atoms with Gasteiger partial charge >= 0.3 is 17.6 Å². The van der Waals surface area contributed by atoms with Gasteiger partial charge in [-0.1, -0.05) is 42.7 Å². The van der Waals surface area contributed by atoms with E-state index >= 15 is 0 Å². The molecular weight excluding hydrogens is 624 g/mol. The molecule has 4 aliphatic rings. The summed E-state index contributed by atoms with van der Waals surface area (Å²) >= 11 is 0. The third kappa shape index (κ3) is 7.19. The number of hydrogen-bond acceptors (Lipinski definition) is 9. The second kappa shape index (κ2) is 14.1. The molecule has 7 rings (SSSR count). The SMILES string of the molecule is COC[C@@H](CCO)c1cc2ccc3c(c2oc1=O)[C@@H]1OC(=O)CC2(CCCC2)Cc2ccc(cc2)CCC(=C(C)C)C(=O)O[C@@H]1C(C)(C)O3. The topological polar surface area (TPSA) is 122 Å². The van der Waals surface area contributed by atoms with E-state index in [9.17, 15) is 19.5 Å². The Hall–Kier alpha value is -3.95. The summed E-state index contributed by atoms with van der Waals surface area (Å²) in [6.07, 6.45) is 4.22. The van der Waals surface area contributed by atoms with Crippen molar-refractivity contribution >= 4 is 22.9 Å². The summed E-state index contributed by atoms with van der Waals surface area (Å²) < 4.78 is 30.6. The zero-order valence-corrected chi connectivity index (χ0v) is 29.3. The molecule has 1 N–H and O–H groups in total. The van der Waals surface area contributed by atoms with Gasteiger partial charge in [0.2, 0.25) is 0 Å². The molecule has 0 saturated heterocycles. The molecule has 1 saturated carbocycles. The van der Waals surface area contributed by atoms with Crippen molar-refractivity contribution in [1.82, 2.24) is 0 Å². The molecule has 0 unspecified atom stereocenters. The van der Waals surface area contributed by atoms with Gasteiger partial charge in [0, 0.05) is 36.2 Å². The van der Waals surface area contributed by atoms with E-state index in [1.54, 1.807) is 25.3 Å². The third-order valence-electron chi connectivity index (χ3n) is 10.6. The first-order valence-electron chi connectivity index (χ1n) is 17.5. The highest BCUT2D eigenvalue weighted by atomic mass is 16.6. The zero-order valence-electron chi connectivity index (χ0n) is 29.3. The molecule has 2 aromatic carbocycles. The number of benzene rings is 2. The molecule has 1 spiro atoms. The maximum absolute atomic E-state index is 14.2.